The van der Waals surface area contributed by atoms with E-state index >= 15 is 0 Å². The molecule has 3 heterocycles. The van der Waals surface area contributed by atoms with Gasteiger partial charge in [-0.2, -0.15) is 13.6 Å². The normalized spacial score (nSPS) is 23.8. The number of aromatic nitrogens is 4. The number of nitrogens with one attached hydrogen (secondary N) is 2. The molecule has 2 aromatic heterocycles. The molecule has 3 unspecified atom stereocenters. The average Bonchev–Trinajstić information content (AvgIpc) is 3.51. The van der Waals surface area contributed by atoms with E-state index in [1.54, 1.807) is 30.3 Å². The van der Waals surface area contributed by atoms with Gasteiger partial charge in [0, 0.05) is 16.8 Å². The number of nitrogen functional groups attached to an aromatic ring is 1. The Morgan fingerprint density at radius 2 is 1.70 bits per heavy atom. The first-order valence-corrected chi connectivity index (χ1v) is 17.4. The van der Waals surface area contributed by atoms with Crippen molar-refractivity contribution in [2.24, 2.45) is 0 Å². The van der Waals surface area contributed by atoms with E-state index in [0.29, 0.717) is 5.56 Å². The number of aliphatic hydroxyl groups is 2. The molecular weight excluding hydrogens is 677 g/mol. The molecular formula is C23H25N6O14P3. The Morgan fingerprint density at radius 1 is 1.00 bits per heavy atom. The summed E-state index contributed by atoms with van der Waals surface area (Å²) in [6.07, 6.45) is -5.43. The summed E-state index contributed by atoms with van der Waals surface area (Å²) < 4.78 is 56.8. The summed E-state index contributed by atoms with van der Waals surface area (Å²) in [5, 5.41) is 22.8. The lowest BCUT2D eigenvalue weighted by Crippen LogP contribution is -2.33. The molecule has 2 aromatic carbocycles. The average molecular weight is 702 g/mol. The van der Waals surface area contributed by atoms with Crippen LogP contribution in [0, 0.1) is 0 Å². The Morgan fingerprint density at radius 3 is 2.41 bits per heavy atom. The molecule has 1 aliphatic heterocycles. The predicted octanol–water partition coefficient (Wildman–Crippen LogP) is 1.02. The Bertz CT molecular complexity index is 1970. The van der Waals surface area contributed by atoms with Crippen molar-refractivity contribution < 1.29 is 61.3 Å². The van der Waals surface area contributed by atoms with Gasteiger partial charge in [0.05, 0.1) is 12.9 Å². The molecule has 5 rings (SSSR count). The van der Waals surface area contributed by atoms with Gasteiger partial charge in [-0.05, 0) is 12.1 Å². The minimum absolute atomic E-state index is 0.0897. The fraction of sp³-hybridized carbons (Fsp3) is 0.217. The van der Waals surface area contributed by atoms with Gasteiger partial charge in [-0.25, -0.2) is 18.7 Å². The van der Waals surface area contributed by atoms with Gasteiger partial charge >= 0.3 is 23.4 Å². The Balaban J connectivity index is 1.20. The number of phosphoric ester groups is 1. The van der Waals surface area contributed by atoms with Crippen molar-refractivity contribution in [1.29, 1.82) is 0 Å². The van der Waals surface area contributed by atoms with Crippen LogP contribution in [-0.2, 0) is 31.6 Å². The second kappa shape index (κ2) is 12.9. The number of hydrogen-bond acceptors (Lipinski definition) is 14. The van der Waals surface area contributed by atoms with Gasteiger partial charge in [0.2, 0.25) is 5.95 Å². The van der Waals surface area contributed by atoms with Crippen molar-refractivity contribution in [3.8, 4) is 0 Å². The highest BCUT2D eigenvalue weighted by Gasteiger charge is 2.47. The second-order valence-corrected chi connectivity index (χ2v) is 14.3. The maximum atomic E-state index is 12.7. The molecule has 4 aromatic rings. The molecule has 246 valence electrons. The number of aliphatic hydroxyl groups excluding tert-OH is 2. The van der Waals surface area contributed by atoms with Crippen LogP contribution in [-0.4, -0.2) is 75.1 Å². The fourth-order valence-corrected chi connectivity index (χ4v) is 8.07. The molecule has 0 bridgehead atoms. The lowest BCUT2D eigenvalue weighted by atomic mass is 10.0. The summed E-state index contributed by atoms with van der Waals surface area (Å²) in [5.74, 6) is -0.715. The number of H-pyrrole nitrogens is 1. The second-order valence-electron chi connectivity index (χ2n) is 9.63. The smallest absolute Gasteiger partial charge is 0.387 e. The van der Waals surface area contributed by atoms with Crippen LogP contribution < -0.4 is 16.4 Å². The van der Waals surface area contributed by atoms with Crippen LogP contribution >= 0.6 is 23.4 Å². The van der Waals surface area contributed by atoms with Crippen LogP contribution in [0.3, 0.4) is 0 Å². The Labute approximate surface area is 257 Å². The minimum atomic E-state index is -5.83. The molecule has 0 amide bonds. The van der Waals surface area contributed by atoms with E-state index in [1.165, 1.54) is 18.2 Å². The third kappa shape index (κ3) is 7.67. The first-order valence-electron chi connectivity index (χ1n) is 12.8. The molecule has 1 fully saturated rings. The van der Waals surface area contributed by atoms with Crippen molar-refractivity contribution in [2.45, 2.75) is 24.5 Å². The molecule has 7 atom stereocenters. The largest absolute Gasteiger partial charge is 0.489 e. The van der Waals surface area contributed by atoms with Crippen LogP contribution in [0.4, 0.5) is 11.6 Å². The quantitative estimate of drug-likeness (QED) is 0.0754. The van der Waals surface area contributed by atoms with Gasteiger partial charge in [-0.3, -0.25) is 28.8 Å². The lowest BCUT2D eigenvalue weighted by molar-refractivity contribution is -0.0503. The molecule has 1 saturated heterocycles. The highest BCUT2D eigenvalue weighted by molar-refractivity contribution is 7.68. The zero-order valence-electron chi connectivity index (χ0n) is 23.0. The van der Waals surface area contributed by atoms with Gasteiger partial charge in [0.15, 0.2) is 23.2 Å². The van der Waals surface area contributed by atoms with Crippen molar-refractivity contribution in [1.82, 2.24) is 19.5 Å². The van der Waals surface area contributed by atoms with E-state index in [-0.39, 0.29) is 28.4 Å². The van der Waals surface area contributed by atoms with Gasteiger partial charge in [0.25, 0.3) is 5.56 Å². The van der Waals surface area contributed by atoms with Gasteiger partial charge in [-0.15, -0.1) is 0 Å². The van der Waals surface area contributed by atoms with Crippen LogP contribution in [0.2, 0.25) is 0 Å². The highest BCUT2D eigenvalue weighted by Crippen LogP contribution is 2.67. The highest BCUT2D eigenvalue weighted by atomic mass is 31.3. The maximum absolute atomic E-state index is 12.7. The Kier molecular flexibility index (Phi) is 9.45. The lowest BCUT2D eigenvalue weighted by Gasteiger charge is -2.21. The summed E-state index contributed by atoms with van der Waals surface area (Å²) in [5.41, 5.74) is 4.78. The molecule has 1 aliphatic rings. The number of ketones is 1. The number of nitrogens with two attached hydrogens (primary N) is 1. The summed E-state index contributed by atoms with van der Waals surface area (Å²) in [4.78, 5) is 64.8. The van der Waals surface area contributed by atoms with E-state index < -0.39 is 65.9 Å². The van der Waals surface area contributed by atoms with E-state index in [1.807, 2.05) is 5.09 Å². The summed E-state index contributed by atoms with van der Waals surface area (Å²) >= 11 is 0. The van der Waals surface area contributed by atoms with E-state index in [9.17, 15) is 48.2 Å². The van der Waals surface area contributed by atoms with Gasteiger partial charge in [0.1, 0.15) is 18.3 Å². The topological polar surface area (TPSA) is 308 Å². The molecule has 20 nitrogen and oxygen atoms in total. The summed E-state index contributed by atoms with van der Waals surface area (Å²) in [7, 11) is -16.7. The van der Waals surface area contributed by atoms with Crippen LogP contribution in [0.15, 0.2) is 65.7 Å². The molecule has 0 radical (unpaired) electrons. The number of aromatic amines is 1. The van der Waals surface area contributed by atoms with Crippen LogP contribution in [0.25, 0.3) is 11.2 Å². The third-order valence-electron chi connectivity index (χ3n) is 6.32. The van der Waals surface area contributed by atoms with Gasteiger partial charge in [-0.1, -0.05) is 42.5 Å². The number of carbonyl (C=O) groups is 1. The number of ether oxygens (including phenoxy) is 1. The van der Waals surface area contributed by atoms with Crippen LogP contribution in [0.5, 0.6) is 0 Å². The predicted molar refractivity (Wildman–Crippen MR) is 156 cm³/mol. The van der Waals surface area contributed by atoms with Gasteiger partial charge < -0.3 is 35.4 Å². The molecule has 0 aliphatic carbocycles. The monoisotopic (exact) mass is 702 g/mol. The standard InChI is InChI=1S/C23H25N6O14P3/c24-23-26-20-16(21(33)27-23)25-11-29(20)22-19(32)18(31)15(41-22)10-40-45(36,37)43-46(38,39)42-44(34,35)28-14-8-4-7-13(9-14)17(30)12-5-2-1-3-6-12/h1-9,11,15,18-19,22,31-32H,10H2,(H,36,37)(H,38,39)(H2,28,34,35)(H3,24,26,27,33)/t15-,18-,19-,22-/m1/s1. The van der Waals surface area contributed by atoms with E-state index in [2.05, 4.69) is 28.1 Å². The molecule has 0 saturated carbocycles. The van der Waals surface area contributed by atoms with E-state index in [0.717, 1.165) is 17.0 Å². The zero-order chi connectivity index (χ0) is 33.4. The molecule has 23 heteroatoms. The first-order chi connectivity index (χ1) is 21.5. The number of anilines is 2. The third-order valence-corrected chi connectivity index (χ3v) is 10.7. The Hall–Kier alpha value is -3.61. The van der Waals surface area contributed by atoms with Crippen molar-refractivity contribution >= 4 is 52.0 Å². The number of phosphoric acid groups is 2. The van der Waals surface area contributed by atoms with Crippen molar-refractivity contribution in [3.63, 3.8) is 0 Å². The number of rotatable bonds is 12. The number of imidazole rings is 1. The number of fused-ring (bicyclic) bond motifs is 1. The molecule has 0 spiro atoms. The first kappa shape index (κ1) is 33.7. The number of hydrogen-bond donors (Lipinski definition) is 8. The number of benzene rings is 2. The van der Waals surface area contributed by atoms with Crippen LogP contribution in [0.1, 0.15) is 22.1 Å². The fourth-order valence-electron chi connectivity index (χ4n) is 4.37. The summed E-state index contributed by atoms with van der Waals surface area (Å²) in [6, 6.07) is 13.3. The number of nitrogens with zero attached hydrogens (tertiary/aromatic N) is 3. The van der Waals surface area contributed by atoms with E-state index in [4.69, 9.17) is 10.5 Å². The SMILES string of the molecule is Nc1nc2c(ncn2[C@@H]2O[C@H](COP(=O)(O)OP(=O)(O)OP(=O)(O)Nc3cccc(C(=O)c4ccccc4)c3)[C@@H](O)[C@H]2O)c(=O)[nH]1. The van der Waals surface area contributed by atoms with Crippen molar-refractivity contribution in [3.05, 3.63) is 82.4 Å². The number of carbonyl (C=O) groups excluding carboxylic acids is 1. The zero-order valence-corrected chi connectivity index (χ0v) is 25.6. The van der Waals surface area contributed by atoms with Crippen molar-refractivity contribution in [2.75, 3.05) is 17.4 Å². The maximum Gasteiger partial charge on any atom is 0.489 e. The molecule has 9 N–H and O–H groups in total. The minimum Gasteiger partial charge on any atom is -0.387 e. The molecule has 46 heavy (non-hydrogen) atoms. The summed E-state index contributed by atoms with van der Waals surface area (Å²) in [6.45, 7) is -1.03.